The molecule has 0 radical (unpaired) electrons. The molecule has 0 N–H and O–H groups in total. The molecule has 1 aliphatic heterocycles. The zero-order valence-corrected chi connectivity index (χ0v) is 18.4. The Morgan fingerprint density at radius 2 is 1.77 bits per heavy atom. The number of anilines is 1. The molecule has 0 bridgehead atoms. The topological polar surface area (TPSA) is 49.3 Å². The van der Waals surface area contributed by atoms with E-state index >= 15 is 0 Å². The quantitative estimate of drug-likeness (QED) is 0.596. The molecule has 1 fully saturated rings. The highest BCUT2D eigenvalue weighted by Crippen LogP contribution is 2.39. The van der Waals surface area contributed by atoms with Crippen LogP contribution in [0.15, 0.2) is 30.3 Å². The van der Waals surface area contributed by atoms with Gasteiger partial charge in [0.1, 0.15) is 16.5 Å². The summed E-state index contributed by atoms with van der Waals surface area (Å²) in [7, 11) is 0. The number of aromatic nitrogens is 2. The largest absolute Gasteiger partial charge is 0.352 e. The molecular formula is C24H28N4OS. The maximum Gasteiger partial charge on any atom is 0.219 e. The van der Waals surface area contributed by atoms with E-state index in [1.165, 1.54) is 47.1 Å². The Morgan fingerprint density at radius 3 is 2.53 bits per heavy atom. The molecule has 0 spiro atoms. The van der Waals surface area contributed by atoms with Crippen molar-refractivity contribution in [2.24, 2.45) is 0 Å². The lowest BCUT2D eigenvalue weighted by atomic mass is 10.1. The first kappa shape index (κ1) is 19.5. The summed E-state index contributed by atoms with van der Waals surface area (Å²) in [4.78, 5) is 28.9. The van der Waals surface area contributed by atoms with Crippen LogP contribution in [0.1, 0.15) is 48.0 Å². The number of fused-ring (bicyclic) bond motifs is 3. The third kappa shape index (κ3) is 3.81. The van der Waals surface area contributed by atoms with Crippen molar-refractivity contribution in [2.75, 3.05) is 31.1 Å². The predicted octanol–water partition coefficient (Wildman–Crippen LogP) is 4.22. The molecule has 1 aliphatic carbocycles. The van der Waals surface area contributed by atoms with Gasteiger partial charge in [-0.3, -0.25) is 4.79 Å². The van der Waals surface area contributed by atoms with Crippen LogP contribution in [0.25, 0.3) is 10.2 Å². The van der Waals surface area contributed by atoms with Crippen molar-refractivity contribution in [1.82, 2.24) is 14.9 Å². The average molecular weight is 421 g/mol. The van der Waals surface area contributed by atoms with Crippen LogP contribution in [-0.4, -0.2) is 47.0 Å². The molecule has 0 unspecified atom stereocenters. The summed E-state index contributed by atoms with van der Waals surface area (Å²) >= 11 is 1.88. The standard InChI is InChI=1S/C24H28N4OS/c1-17(29)27-12-14-28(15-13-27)23-22-19-10-6-3-7-11-20(19)30-24(22)26-21(25-23)16-18-8-4-2-5-9-18/h2,4-5,8-9H,3,6-7,10-16H2,1H3. The lowest BCUT2D eigenvalue weighted by molar-refractivity contribution is -0.129. The number of hydrogen-bond donors (Lipinski definition) is 0. The van der Waals surface area contributed by atoms with Crippen LogP contribution in [-0.2, 0) is 24.1 Å². The third-order valence-electron chi connectivity index (χ3n) is 6.32. The maximum absolute atomic E-state index is 11.8. The lowest BCUT2D eigenvalue weighted by Crippen LogP contribution is -2.48. The fourth-order valence-electron chi connectivity index (χ4n) is 4.68. The highest BCUT2D eigenvalue weighted by atomic mass is 32.1. The summed E-state index contributed by atoms with van der Waals surface area (Å²) in [6.45, 7) is 4.86. The minimum atomic E-state index is 0.164. The van der Waals surface area contributed by atoms with E-state index in [4.69, 9.17) is 9.97 Å². The molecule has 1 aromatic carbocycles. The van der Waals surface area contributed by atoms with Crippen LogP contribution in [0.3, 0.4) is 0 Å². The molecule has 6 heteroatoms. The molecule has 3 heterocycles. The van der Waals surface area contributed by atoms with Crippen LogP contribution in [0, 0.1) is 0 Å². The zero-order chi connectivity index (χ0) is 20.5. The van der Waals surface area contributed by atoms with Gasteiger partial charge in [0, 0.05) is 44.4 Å². The van der Waals surface area contributed by atoms with E-state index in [2.05, 4.69) is 29.2 Å². The van der Waals surface area contributed by atoms with Crippen LogP contribution >= 0.6 is 11.3 Å². The second-order valence-corrected chi connectivity index (χ2v) is 9.45. The number of amides is 1. The molecular weight excluding hydrogens is 392 g/mol. The highest BCUT2D eigenvalue weighted by molar-refractivity contribution is 7.19. The van der Waals surface area contributed by atoms with Gasteiger partial charge in [-0.2, -0.15) is 0 Å². The van der Waals surface area contributed by atoms with Gasteiger partial charge in [-0.15, -0.1) is 11.3 Å². The summed E-state index contributed by atoms with van der Waals surface area (Å²) in [5.41, 5.74) is 2.73. The fraction of sp³-hybridized carbons (Fsp3) is 0.458. The Kier molecular flexibility index (Phi) is 5.42. The van der Waals surface area contributed by atoms with Gasteiger partial charge < -0.3 is 9.80 Å². The normalized spacial score (nSPS) is 17.1. The smallest absolute Gasteiger partial charge is 0.219 e. The number of rotatable bonds is 3. The van der Waals surface area contributed by atoms with Gasteiger partial charge in [-0.1, -0.05) is 36.8 Å². The fourth-order valence-corrected chi connectivity index (χ4v) is 5.95. The molecule has 30 heavy (non-hydrogen) atoms. The van der Waals surface area contributed by atoms with Gasteiger partial charge in [0.05, 0.1) is 5.39 Å². The number of piperazine rings is 1. The van der Waals surface area contributed by atoms with E-state index in [0.29, 0.717) is 0 Å². The monoisotopic (exact) mass is 420 g/mol. The Hall–Kier alpha value is -2.47. The minimum absolute atomic E-state index is 0.164. The van der Waals surface area contributed by atoms with Crippen molar-refractivity contribution in [3.05, 3.63) is 52.2 Å². The molecule has 2 aliphatic rings. The van der Waals surface area contributed by atoms with Gasteiger partial charge in [0.2, 0.25) is 5.91 Å². The van der Waals surface area contributed by atoms with Crippen LogP contribution < -0.4 is 4.90 Å². The number of thiophene rings is 1. The number of carbonyl (C=O) groups excluding carboxylic acids is 1. The molecule has 0 saturated carbocycles. The number of hydrogen-bond acceptors (Lipinski definition) is 5. The van der Waals surface area contributed by atoms with E-state index in [1.54, 1.807) is 6.92 Å². The third-order valence-corrected chi connectivity index (χ3v) is 7.51. The Morgan fingerprint density at radius 1 is 1.00 bits per heavy atom. The maximum atomic E-state index is 11.8. The number of carbonyl (C=O) groups is 1. The summed E-state index contributed by atoms with van der Waals surface area (Å²) in [6.07, 6.45) is 6.89. The Labute approximate surface area is 181 Å². The Balaban J connectivity index is 1.56. The van der Waals surface area contributed by atoms with Crippen LogP contribution in [0.2, 0.25) is 0 Å². The van der Waals surface area contributed by atoms with Crippen molar-refractivity contribution in [3.63, 3.8) is 0 Å². The van der Waals surface area contributed by atoms with Crippen molar-refractivity contribution in [2.45, 2.75) is 45.4 Å². The van der Waals surface area contributed by atoms with Crippen LogP contribution in [0.5, 0.6) is 0 Å². The molecule has 156 valence electrons. The first-order valence-electron chi connectivity index (χ1n) is 11.0. The lowest BCUT2D eigenvalue weighted by Gasteiger charge is -2.35. The van der Waals surface area contributed by atoms with E-state index < -0.39 is 0 Å². The SMILES string of the molecule is CC(=O)N1CCN(c2nc(Cc3ccccc3)nc3sc4c(c23)CCCCC4)CC1. The van der Waals surface area contributed by atoms with E-state index in [1.807, 2.05) is 22.3 Å². The predicted molar refractivity (Wildman–Crippen MR) is 122 cm³/mol. The second kappa shape index (κ2) is 8.34. The summed E-state index contributed by atoms with van der Waals surface area (Å²) in [5.74, 6) is 2.15. The number of aryl methyl sites for hydroxylation is 2. The molecule has 1 saturated heterocycles. The summed E-state index contributed by atoms with van der Waals surface area (Å²) in [5, 5.41) is 1.28. The first-order valence-corrected chi connectivity index (χ1v) is 11.9. The second-order valence-electron chi connectivity index (χ2n) is 8.36. The van der Waals surface area contributed by atoms with Gasteiger partial charge in [-0.25, -0.2) is 9.97 Å². The van der Waals surface area contributed by atoms with Crippen molar-refractivity contribution in [1.29, 1.82) is 0 Å². The number of benzene rings is 1. The Bertz CT molecular complexity index is 1050. The van der Waals surface area contributed by atoms with E-state index in [0.717, 1.165) is 55.5 Å². The minimum Gasteiger partial charge on any atom is -0.352 e. The van der Waals surface area contributed by atoms with Gasteiger partial charge in [0.15, 0.2) is 0 Å². The van der Waals surface area contributed by atoms with E-state index in [-0.39, 0.29) is 5.91 Å². The molecule has 5 nitrogen and oxygen atoms in total. The van der Waals surface area contributed by atoms with Crippen molar-refractivity contribution in [3.8, 4) is 0 Å². The van der Waals surface area contributed by atoms with Crippen LogP contribution in [0.4, 0.5) is 5.82 Å². The van der Waals surface area contributed by atoms with Gasteiger partial charge >= 0.3 is 0 Å². The van der Waals surface area contributed by atoms with Crippen molar-refractivity contribution >= 4 is 33.3 Å². The first-order chi connectivity index (χ1) is 14.7. The van der Waals surface area contributed by atoms with Gasteiger partial charge in [-0.05, 0) is 36.8 Å². The summed E-state index contributed by atoms with van der Waals surface area (Å²) in [6, 6.07) is 10.5. The molecule has 1 amide bonds. The number of nitrogens with zero attached hydrogens (tertiary/aromatic N) is 4. The zero-order valence-electron chi connectivity index (χ0n) is 17.6. The van der Waals surface area contributed by atoms with Crippen molar-refractivity contribution < 1.29 is 4.79 Å². The highest BCUT2D eigenvalue weighted by Gasteiger charge is 2.26. The molecule has 0 atom stereocenters. The summed E-state index contributed by atoms with van der Waals surface area (Å²) < 4.78 is 0. The molecule has 2 aromatic heterocycles. The average Bonchev–Trinajstić information content (AvgIpc) is 2.95. The molecule has 3 aromatic rings. The molecule has 5 rings (SSSR count). The van der Waals surface area contributed by atoms with E-state index in [9.17, 15) is 4.79 Å². The van der Waals surface area contributed by atoms with Gasteiger partial charge in [0.25, 0.3) is 0 Å².